The minimum atomic E-state index is -0.511. The lowest BCUT2D eigenvalue weighted by molar-refractivity contribution is 0.0951. The molecular weight excluding hydrogens is 420 g/mol. The summed E-state index contributed by atoms with van der Waals surface area (Å²) in [6.07, 6.45) is 0. The number of benzene rings is 3. The van der Waals surface area contributed by atoms with E-state index in [9.17, 15) is 9.59 Å². The van der Waals surface area contributed by atoms with Gasteiger partial charge in [-0.15, -0.1) is 11.3 Å². The second-order valence-corrected chi connectivity index (χ2v) is 8.16. The van der Waals surface area contributed by atoms with Crippen molar-refractivity contribution in [1.29, 1.82) is 0 Å². The van der Waals surface area contributed by atoms with Gasteiger partial charge in [0.1, 0.15) is 0 Å². The first kappa shape index (κ1) is 21.3. The molecule has 0 bridgehead atoms. The smallest absolute Gasteiger partial charge is 0.306 e. The fraction of sp³-hybridized carbons (Fsp3) is 0.0800. The first-order valence-corrected chi connectivity index (χ1v) is 10.9. The molecule has 0 fully saturated rings. The number of amides is 3. The van der Waals surface area contributed by atoms with E-state index in [1.165, 1.54) is 11.3 Å². The van der Waals surface area contributed by atoms with Crippen LogP contribution in [0.15, 0.2) is 84.2 Å². The van der Waals surface area contributed by atoms with E-state index in [-0.39, 0.29) is 0 Å². The van der Waals surface area contributed by atoms with Crippen LogP contribution in [0.5, 0.6) is 0 Å². The SMILES string of the molecule is Cc1ccc(NC(=O)N(NC(=O)c2ccc(C)cc2)c2nc(-c3ccccc3)cs2)cc1. The number of aryl methyl sites for hydroxylation is 2. The van der Waals surface area contributed by atoms with Gasteiger partial charge in [-0.3, -0.25) is 10.2 Å². The van der Waals surface area contributed by atoms with Gasteiger partial charge in [-0.25, -0.2) is 9.78 Å². The Balaban J connectivity index is 1.62. The number of thiazole rings is 1. The second kappa shape index (κ2) is 9.45. The molecule has 3 aromatic carbocycles. The minimum absolute atomic E-state index is 0.355. The largest absolute Gasteiger partial charge is 0.347 e. The number of hydrazine groups is 1. The van der Waals surface area contributed by atoms with E-state index in [1.54, 1.807) is 12.1 Å². The van der Waals surface area contributed by atoms with Crippen molar-refractivity contribution >= 4 is 34.1 Å². The Bertz CT molecular complexity index is 1220. The van der Waals surface area contributed by atoms with Crippen LogP contribution in [-0.4, -0.2) is 16.9 Å². The van der Waals surface area contributed by atoms with Gasteiger partial charge in [-0.1, -0.05) is 65.7 Å². The first-order chi connectivity index (χ1) is 15.5. The highest BCUT2D eigenvalue weighted by Gasteiger charge is 2.23. The zero-order valence-corrected chi connectivity index (χ0v) is 18.5. The Morgan fingerprint density at radius 2 is 1.47 bits per heavy atom. The number of urea groups is 1. The Hall–Kier alpha value is -3.97. The van der Waals surface area contributed by atoms with Crippen LogP contribution in [0.4, 0.5) is 15.6 Å². The standard InChI is InChI=1S/C25H22N4O2S/c1-17-8-12-20(13-9-17)23(30)28-29(24(31)26-21-14-10-18(2)11-15-21)25-27-22(16-32-25)19-6-4-3-5-7-19/h3-16H,1-2H3,(H,26,31)(H,28,30). The number of rotatable bonds is 4. The summed E-state index contributed by atoms with van der Waals surface area (Å²) >= 11 is 1.27. The van der Waals surface area contributed by atoms with E-state index in [0.717, 1.165) is 27.4 Å². The number of hydrogen-bond donors (Lipinski definition) is 2. The molecule has 6 nitrogen and oxygen atoms in total. The molecule has 2 N–H and O–H groups in total. The van der Waals surface area contributed by atoms with Gasteiger partial charge >= 0.3 is 6.03 Å². The quantitative estimate of drug-likeness (QED) is 0.392. The monoisotopic (exact) mass is 442 g/mol. The molecular formula is C25H22N4O2S. The number of hydrogen-bond acceptors (Lipinski definition) is 4. The van der Waals surface area contributed by atoms with E-state index in [2.05, 4.69) is 15.7 Å². The van der Waals surface area contributed by atoms with Gasteiger partial charge in [0, 0.05) is 22.2 Å². The summed E-state index contributed by atoms with van der Waals surface area (Å²) in [6.45, 7) is 3.92. The predicted molar refractivity (Wildman–Crippen MR) is 129 cm³/mol. The van der Waals surface area contributed by atoms with E-state index in [4.69, 9.17) is 0 Å². The third kappa shape index (κ3) is 5.01. The summed E-state index contributed by atoms with van der Waals surface area (Å²) in [6, 6.07) is 23.7. The molecule has 0 unspecified atom stereocenters. The Labute approximate surface area is 190 Å². The molecule has 0 aliphatic carbocycles. The van der Waals surface area contributed by atoms with E-state index >= 15 is 0 Å². The van der Waals surface area contributed by atoms with Crippen LogP contribution in [0.3, 0.4) is 0 Å². The van der Waals surface area contributed by atoms with Crippen molar-refractivity contribution in [3.05, 3.63) is 101 Å². The summed E-state index contributed by atoms with van der Waals surface area (Å²) < 4.78 is 0. The number of carbonyl (C=O) groups is 2. The normalized spacial score (nSPS) is 10.4. The molecule has 0 saturated heterocycles. The number of aromatic nitrogens is 1. The Morgan fingerprint density at radius 3 is 2.12 bits per heavy atom. The zero-order valence-electron chi connectivity index (χ0n) is 17.7. The van der Waals surface area contributed by atoms with Gasteiger partial charge in [0.25, 0.3) is 5.91 Å². The van der Waals surface area contributed by atoms with Gasteiger partial charge < -0.3 is 5.32 Å². The van der Waals surface area contributed by atoms with Crippen LogP contribution < -0.4 is 15.8 Å². The van der Waals surface area contributed by atoms with Crippen LogP contribution in [0, 0.1) is 13.8 Å². The van der Waals surface area contributed by atoms with Gasteiger partial charge in [0.2, 0.25) is 5.13 Å². The third-order valence-corrected chi connectivity index (χ3v) is 5.61. The summed E-state index contributed by atoms with van der Waals surface area (Å²) in [5.41, 5.74) is 7.55. The van der Waals surface area contributed by atoms with Crippen LogP contribution in [-0.2, 0) is 0 Å². The number of carbonyl (C=O) groups excluding carboxylic acids is 2. The lowest BCUT2D eigenvalue weighted by Crippen LogP contribution is -2.48. The molecule has 4 rings (SSSR count). The summed E-state index contributed by atoms with van der Waals surface area (Å²) in [5.74, 6) is -0.402. The fourth-order valence-corrected chi connectivity index (χ4v) is 3.77. The van der Waals surface area contributed by atoms with Gasteiger partial charge in [-0.05, 0) is 38.1 Å². The molecule has 0 saturated carbocycles. The number of anilines is 2. The van der Waals surface area contributed by atoms with Crippen molar-refractivity contribution in [2.45, 2.75) is 13.8 Å². The van der Waals surface area contributed by atoms with Crippen LogP contribution in [0.25, 0.3) is 11.3 Å². The van der Waals surface area contributed by atoms with Crippen molar-refractivity contribution < 1.29 is 9.59 Å². The molecule has 32 heavy (non-hydrogen) atoms. The van der Waals surface area contributed by atoms with Gasteiger partial charge in [0.15, 0.2) is 0 Å². The van der Waals surface area contributed by atoms with Crippen molar-refractivity contribution in [2.24, 2.45) is 0 Å². The van der Waals surface area contributed by atoms with E-state index in [0.29, 0.717) is 16.4 Å². The van der Waals surface area contributed by atoms with Gasteiger partial charge in [0.05, 0.1) is 5.69 Å². The van der Waals surface area contributed by atoms with E-state index < -0.39 is 11.9 Å². The predicted octanol–water partition coefficient (Wildman–Crippen LogP) is 5.81. The highest BCUT2D eigenvalue weighted by atomic mass is 32.1. The maximum atomic E-state index is 13.1. The summed E-state index contributed by atoms with van der Waals surface area (Å²) in [7, 11) is 0. The molecule has 4 aromatic rings. The molecule has 0 atom stereocenters. The van der Waals surface area contributed by atoms with Gasteiger partial charge in [-0.2, -0.15) is 5.01 Å². The van der Waals surface area contributed by atoms with Crippen molar-refractivity contribution in [3.63, 3.8) is 0 Å². The molecule has 7 heteroatoms. The molecule has 0 aliphatic heterocycles. The highest BCUT2D eigenvalue weighted by Crippen LogP contribution is 2.27. The molecule has 1 heterocycles. The molecule has 0 spiro atoms. The maximum Gasteiger partial charge on any atom is 0.347 e. The molecule has 3 amide bonds. The zero-order chi connectivity index (χ0) is 22.5. The fourth-order valence-electron chi connectivity index (χ4n) is 2.98. The minimum Gasteiger partial charge on any atom is -0.306 e. The Morgan fingerprint density at radius 1 is 0.844 bits per heavy atom. The summed E-state index contributed by atoms with van der Waals surface area (Å²) in [4.78, 5) is 30.6. The maximum absolute atomic E-state index is 13.1. The first-order valence-electron chi connectivity index (χ1n) is 10.1. The van der Waals surface area contributed by atoms with Crippen LogP contribution in [0.2, 0.25) is 0 Å². The van der Waals surface area contributed by atoms with Crippen LogP contribution >= 0.6 is 11.3 Å². The molecule has 1 aromatic heterocycles. The highest BCUT2D eigenvalue weighted by molar-refractivity contribution is 7.14. The van der Waals surface area contributed by atoms with Crippen molar-refractivity contribution in [2.75, 3.05) is 10.3 Å². The number of nitrogens with one attached hydrogen (secondary N) is 2. The molecule has 0 aliphatic rings. The number of nitrogens with zero attached hydrogens (tertiary/aromatic N) is 2. The van der Waals surface area contributed by atoms with Crippen molar-refractivity contribution in [3.8, 4) is 11.3 Å². The lowest BCUT2D eigenvalue weighted by atomic mass is 10.1. The van der Waals surface area contributed by atoms with E-state index in [1.807, 2.05) is 86.0 Å². The topological polar surface area (TPSA) is 74.3 Å². The van der Waals surface area contributed by atoms with Crippen molar-refractivity contribution in [1.82, 2.24) is 10.4 Å². The average Bonchev–Trinajstić information content (AvgIpc) is 3.30. The van der Waals surface area contributed by atoms with Crippen LogP contribution in [0.1, 0.15) is 21.5 Å². The lowest BCUT2D eigenvalue weighted by Gasteiger charge is -2.21. The second-order valence-electron chi connectivity index (χ2n) is 7.32. The average molecular weight is 443 g/mol. The molecule has 160 valence electrons. The Kier molecular flexibility index (Phi) is 6.28. The molecule has 0 radical (unpaired) electrons. The third-order valence-electron chi connectivity index (χ3n) is 4.79. The summed E-state index contributed by atoms with van der Waals surface area (Å²) in [5, 5.41) is 6.19.